The monoisotopic (exact) mass is 277 g/mol. The Morgan fingerprint density at radius 3 is 2.40 bits per heavy atom. The molecule has 0 saturated heterocycles. The van der Waals surface area contributed by atoms with Gasteiger partial charge in [0.15, 0.2) is 0 Å². The molecular weight excluding hydrogens is 262 g/mol. The van der Waals surface area contributed by atoms with Crippen LogP contribution >= 0.6 is 0 Å². The number of methoxy groups -OCH3 is 2. The molecule has 106 valence electrons. The van der Waals surface area contributed by atoms with Crippen LogP contribution in [0.15, 0.2) is 23.0 Å². The van der Waals surface area contributed by atoms with Gasteiger partial charge in [-0.15, -0.1) is 0 Å². The van der Waals surface area contributed by atoms with Crippen molar-refractivity contribution in [2.24, 2.45) is 0 Å². The van der Waals surface area contributed by atoms with Crippen LogP contribution in [0.25, 0.3) is 10.9 Å². The second kappa shape index (κ2) is 5.24. The van der Waals surface area contributed by atoms with Gasteiger partial charge in [0.05, 0.1) is 19.7 Å². The number of hydrogen-bond acceptors (Lipinski definition) is 4. The number of aliphatic carboxylic acids is 1. The van der Waals surface area contributed by atoms with E-state index in [0.29, 0.717) is 28.0 Å². The Morgan fingerprint density at radius 1 is 1.25 bits per heavy atom. The summed E-state index contributed by atoms with van der Waals surface area (Å²) in [6.07, 6.45) is 0. The maximum Gasteiger partial charge on any atom is 0.323 e. The Bertz CT molecular complexity index is 732. The molecule has 0 unspecified atom stereocenters. The molecule has 6 nitrogen and oxygen atoms in total. The number of carboxylic acid groups (broad SMARTS) is 1. The number of hydrogen-bond donors (Lipinski definition) is 1. The number of rotatable bonds is 4. The average molecular weight is 277 g/mol. The number of carboxylic acids is 1. The van der Waals surface area contributed by atoms with Crippen molar-refractivity contribution in [2.75, 3.05) is 14.2 Å². The van der Waals surface area contributed by atoms with Gasteiger partial charge in [0, 0.05) is 11.5 Å². The van der Waals surface area contributed by atoms with E-state index < -0.39 is 12.5 Å². The van der Waals surface area contributed by atoms with E-state index >= 15 is 0 Å². The fraction of sp³-hybridized carbons (Fsp3) is 0.286. The molecule has 1 heterocycles. The molecule has 0 radical (unpaired) electrons. The summed E-state index contributed by atoms with van der Waals surface area (Å²) in [4.78, 5) is 23.0. The number of aryl methyl sites for hydroxylation is 1. The van der Waals surface area contributed by atoms with Crippen LogP contribution in [0.1, 0.15) is 5.56 Å². The number of nitrogens with zero attached hydrogens (tertiary/aromatic N) is 1. The minimum absolute atomic E-state index is 0.385. The third-order valence-electron chi connectivity index (χ3n) is 3.11. The zero-order valence-electron chi connectivity index (χ0n) is 11.5. The predicted molar refractivity (Wildman–Crippen MR) is 73.7 cm³/mol. The van der Waals surface area contributed by atoms with Crippen LogP contribution < -0.4 is 15.0 Å². The van der Waals surface area contributed by atoms with E-state index in [0.717, 1.165) is 0 Å². The van der Waals surface area contributed by atoms with Crippen LogP contribution in [0.3, 0.4) is 0 Å². The van der Waals surface area contributed by atoms with Crippen LogP contribution in [0.2, 0.25) is 0 Å². The third kappa shape index (κ3) is 2.20. The molecule has 2 aromatic rings. The normalized spacial score (nSPS) is 10.6. The Balaban J connectivity index is 2.97. The molecule has 1 aromatic heterocycles. The van der Waals surface area contributed by atoms with Gasteiger partial charge in [0.25, 0.3) is 5.56 Å². The maximum atomic E-state index is 12.1. The van der Waals surface area contributed by atoms with Crippen LogP contribution in [-0.2, 0) is 11.3 Å². The minimum Gasteiger partial charge on any atom is -0.496 e. The van der Waals surface area contributed by atoms with Crippen molar-refractivity contribution in [1.29, 1.82) is 0 Å². The summed E-state index contributed by atoms with van der Waals surface area (Å²) in [5.74, 6) is -0.0950. The minimum atomic E-state index is -1.10. The zero-order chi connectivity index (χ0) is 14.9. The molecule has 0 bridgehead atoms. The molecule has 0 amide bonds. The summed E-state index contributed by atoms with van der Waals surface area (Å²) in [5, 5.41) is 9.65. The number of benzene rings is 1. The van der Waals surface area contributed by atoms with Gasteiger partial charge in [-0.2, -0.15) is 0 Å². The lowest BCUT2D eigenvalue weighted by molar-refractivity contribution is -0.137. The second-order valence-corrected chi connectivity index (χ2v) is 4.34. The molecule has 0 aliphatic carbocycles. The molecule has 0 saturated carbocycles. The van der Waals surface area contributed by atoms with E-state index in [1.807, 2.05) is 0 Å². The Labute approximate surface area is 115 Å². The lowest BCUT2D eigenvalue weighted by atomic mass is 10.1. The standard InChI is InChI=1S/C14H15NO5/c1-8-6-11(16)15(7-12(17)18)14-10(20-3)5-4-9(19-2)13(8)14/h4-6H,7H2,1-3H3,(H,17,18). The van der Waals surface area contributed by atoms with Gasteiger partial charge in [-0.25, -0.2) is 0 Å². The Morgan fingerprint density at radius 2 is 1.85 bits per heavy atom. The topological polar surface area (TPSA) is 77.8 Å². The van der Waals surface area contributed by atoms with Gasteiger partial charge in [0.2, 0.25) is 0 Å². The highest BCUT2D eigenvalue weighted by molar-refractivity contribution is 5.93. The predicted octanol–water partition coefficient (Wildman–Crippen LogP) is 1.41. The van der Waals surface area contributed by atoms with Gasteiger partial charge in [-0.1, -0.05) is 0 Å². The summed E-state index contributed by atoms with van der Waals surface area (Å²) >= 11 is 0. The van der Waals surface area contributed by atoms with E-state index in [1.165, 1.54) is 24.9 Å². The molecule has 0 atom stereocenters. The van der Waals surface area contributed by atoms with Crippen LogP contribution in [0.5, 0.6) is 11.5 Å². The Kier molecular flexibility index (Phi) is 3.65. The summed E-state index contributed by atoms with van der Waals surface area (Å²) in [5.41, 5.74) is 0.755. The maximum absolute atomic E-state index is 12.1. The van der Waals surface area contributed by atoms with Crippen LogP contribution in [-0.4, -0.2) is 29.9 Å². The molecule has 1 aromatic carbocycles. The number of carbonyl (C=O) groups is 1. The van der Waals surface area contributed by atoms with Crippen LogP contribution in [0, 0.1) is 6.92 Å². The first-order chi connectivity index (χ1) is 9.49. The van der Waals surface area contributed by atoms with Crippen molar-refractivity contribution in [3.8, 4) is 11.5 Å². The molecular formula is C14H15NO5. The highest BCUT2D eigenvalue weighted by Gasteiger charge is 2.16. The fourth-order valence-electron chi connectivity index (χ4n) is 2.28. The largest absolute Gasteiger partial charge is 0.496 e. The fourth-order valence-corrected chi connectivity index (χ4v) is 2.28. The lowest BCUT2D eigenvalue weighted by Gasteiger charge is -2.16. The Hall–Kier alpha value is -2.50. The first kappa shape index (κ1) is 13.9. The summed E-state index contributed by atoms with van der Waals surface area (Å²) < 4.78 is 11.7. The molecule has 6 heteroatoms. The summed E-state index contributed by atoms with van der Waals surface area (Å²) in [7, 11) is 2.99. The van der Waals surface area contributed by atoms with Gasteiger partial charge in [-0.3, -0.25) is 14.2 Å². The van der Waals surface area contributed by atoms with Crippen molar-refractivity contribution in [3.05, 3.63) is 34.1 Å². The molecule has 0 aliphatic heterocycles. The van der Waals surface area contributed by atoms with Gasteiger partial charge < -0.3 is 14.6 Å². The summed E-state index contributed by atoms with van der Waals surface area (Å²) in [6, 6.07) is 4.77. The van der Waals surface area contributed by atoms with E-state index in [4.69, 9.17) is 14.6 Å². The highest BCUT2D eigenvalue weighted by Crippen LogP contribution is 2.34. The molecule has 0 spiro atoms. The smallest absolute Gasteiger partial charge is 0.323 e. The van der Waals surface area contributed by atoms with Crippen molar-refractivity contribution < 1.29 is 19.4 Å². The molecule has 0 aliphatic rings. The van der Waals surface area contributed by atoms with E-state index in [2.05, 4.69) is 0 Å². The summed E-state index contributed by atoms with van der Waals surface area (Å²) in [6.45, 7) is 1.34. The zero-order valence-corrected chi connectivity index (χ0v) is 11.5. The first-order valence-electron chi connectivity index (χ1n) is 5.96. The van der Waals surface area contributed by atoms with Crippen molar-refractivity contribution in [2.45, 2.75) is 13.5 Å². The SMILES string of the molecule is COc1ccc(OC)c2c1c(C)cc(=O)n2CC(=O)O. The number of ether oxygens (including phenoxy) is 2. The number of aromatic nitrogens is 1. The van der Waals surface area contributed by atoms with Crippen molar-refractivity contribution >= 4 is 16.9 Å². The number of fused-ring (bicyclic) bond motifs is 1. The van der Waals surface area contributed by atoms with E-state index in [1.54, 1.807) is 19.1 Å². The van der Waals surface area contributed by atoms with Gasteiger partial charge >= 0.3 is 5.97 Å². The van der Waals surface area contributed by atoms with Crippen LogP contribution in [0.4, 0.5) is 0 Å². The molecule has 0 fully saturated rings. The van der Waals surface area contributed by atoms with Gasteiger partial charge in [0.1, 0.15) is 18.0 Å². The van der Waals surface area contributed by atoms with Gasteiger partial charge in [-0.05, 0) is 24.6 Å². The molecule has 1 N–H and O–H groups in total. The molecule has 2 rings (SSSR count). The van der Waals surface area contributed by atoms with Crippen molar-refractivity contribution in [3.63, 3.8) is 0 Å². The average Bonchev–Trinajstić information content (AvgIpc) is 2.41. The second-order valence-electron chi connectivity index (χ2n) is 4.34. The van der Waals surface area contributed by atoms with E-state index in [-0.39, 0.29) is 5.56 Å². The molecule has 20 heavy (non-hydrogen) atoms. The lowest BCUT2D eigenvalue weighted by Crippen LogP contribution is -2.24. The van der Waals surface area contributed by atoms with E-state index in [9.17, 15) is 9.59 Å². The van der Waals surface area contributed by atoms with Crippen molar-refractivity contribution in [1.82, 2.24) is 4.57 Å². The quantitative estimate of drug-likeness (QED) is 0.914. The highest BCUT2D eigenvalue weighted by atomic mass is 16.5. The third-order valence-corrected chi connectivity index (χ3v) is 3.11. The number of pyridine rings is 1. The first-order valence-corrected chi connectivity index (χ1v) is 5.96.